The fourth-order valence-corrected chi connectivity index (χ4v) is 3.28. The molecular weight excluding hydrogens is 352 g/mol. The summed E-state index contributed by atoms with van der Waals surface area (Å²) in [5.74, 6) is 0.265. The zero-order chi connectivity index (χ0) is 18.9. The topological polar surface area (TPSA) is 102 Å². The first kappa shape index (κ1) is 17.2. The Labute approximate surface area is 154 Å². The number of hydrogen-bond acceptors (Lipinski definition) is 7. The molecule has 3 aromatic rings. The van der Waals surface area contributed by atoms with E-state index in [1.54, 1.807) is 24.5 Å². The average molecular weight is 369 g/mol. The van der Waals surface area contributed by atoms with Crippen molar-refractivity contribution in [3.8, 4) is 11.3 Å². The van der Waals surface area contributed by atoms with Crippen molar-refractivity contribution >= 4 is 11.8 Å². The number of anilines is 2. The van der Waals surface area contributed by atoms with E-state index in [1.807, 2.05) is 0 Å². The lowest BCUT2D eigenvalue weighted by Gasteiger charge is -2.43. The van der Waals surface area contributed by atoms with Gasteiger partial charge in [0, 0.05) is 36.1 Å². The highest BCUT2D eigenvalue weighted by Gasteiger charge is 2.48. The second-order valence-electron chi connectivity index (χ2n) is 6.61. The minimum Gasteiger partial charge on any atom is -0.382 e. The van der Waals surface area contributed by atoms with Crippen LogP contribution < -0.4 is 11.1 Å². The standard InChI is InChI=1S/C18H17F2N7/c19-12-6-18(7-12,16-13(20)2-1-5-22-16)10-25-17-23-8-11(9-24-17)14-3-4-15(21)27-26-14/h1-5,8-9,12H,6-7,10H2,(H2,21,27)(H,23,24,25). The molecule has 0 aromatic carbocycles. The summed E-state index contributed by atoms with van der Waals surface area (Å²) in [7, 11) is 0. The van der Waals surface area contributed by atoms with Crippen LogP contribution in [0.4, 0.5) is 20.5 Å². The highest BCUT2D eigenvalue weighted by atomic mass is 19.1. The van der Waals surface area contributed by atoms with Crippen LogP contribution in [0.25, 0.3) is 11.3 Å². The van der Waals surface area contributed by atoms with Crippen molar-refractivity contribution in [1.29, 1.82) is 0 Å². The Morgan fingerprint density at radius 2 is 1.89 bits per heavy atom. The predicted octanol–water partition coefficient (Wildman–Crippen LogP) is 2.53. The van der Waals surface area contributed by atoms with Crippen molar-refractivity contribution in [2.75, 3.05) is 17.6 Å². The zero-order valence-corrected chi connectivity index (χ0v) is 14.3. The molecule has 0 saturated heterocycles. The fourth-order valence-electron chi connectivity index (χ4n) is 3.28. The normalized spacial score (nSPS) is 21.5. The molecule has 0 radical (unpaired) electrons. The maximum Gasteiger partial charge on any atom is 0.222 e. The van der Waals surface area contributed by atoms with E-state index in [0.29, 0.717) is 29.6 Å². The van der Waals surface area contributed by atoms with E-state index in [4.69, 9.17) is 5.73 Å². The summed E-state index contributed by atoms with van der Waals surface area (Å²) in [6, 6.07) is 6.23. The van der Waals surface area contributed by atoms with E-state index in [2.05, 4.69) is 30.5 Å². The van der Waals surface area contributed by atoms with E-state index < -0.39 is 17.4 Å². The molecule has 0 amide bonds. The number of rotatable bonds is 5. The first-order chi connectivity index (χ1) is 13.1. The summed E-state index contributed by atoms with van der Waals surface area (Å²) in [4.78, 5) is 12.6. The number of pyridine rings is 1. The molecule has 138 valence electrons. The molecule has 0 bridgehead atoms. The van der Waals surface area contributed by atoms with Crippen LogP contribution in [0.3, 0.4) is 0 Å². The van der Waals surface area contributed by atoms with Gasteiger partial charge in [0.2, 0.25) is 5.95 Å². The monoisotopic (exact) mass is 369 g/mol. The number of nitrogens with zero attached hydrogens (tertiary/aromatic N) is 5. The summed E-state index contributed by atoms with van der Waals surface area (Å²) in [5, 5.41) is 10.8. The molecular formula is C18H17F2N7. The summed E-state index contributed by atoms with van der Waals surface area (Å²) in [5.41, 5.74) is 6.39. The van der Waals surface area contributed by atoms with Crippen molar-refractivity contribution in [2.24, 2.45) is 0 Å². The Morgan fingerprint density at radius 3 is 2.52 bits per heavy atom. The van der Waals surface area contributed by atoms with Gasteiger partial charge in [-0.05, 0) is 37.1 Å². The molecule has 3 heterocycles. The van der Waals surface area contributed by atoms with Crippen molar-refractivity contribution in [2.45, 2.75) is 24.4 Å². The van der Waals surface area contributed by atoms with Gasteiger partial charge in [0.25, 0.3) is 0 Å². The summed E-state index contributed by atoms with van der Waals surface area (Å²) in [6.07, 6.45) is 4.19. The Balaban J connectivity index is 1.49. The van der Waals surface area contributed by atoms with Gasteiger partial charge in [-0.25, -0.2) is 18.7 Å². The highest BCUT2D eigenvalue weighted by molar-refractivity contribution is 5.57. The first-order valence-electron chi connectivity index (χ1n) is 8.46. The lowest BCUT2D eigenvalue weighted by Crippen LogP contribution is -2.49. The second-order valence-corrected chi connectivity index (χ2v) is 6.61. The van der Waals surface area contributed by atoms with E-state index in [9.17, 15) is 8.78 Å². The number of nitrogens with one attached hydrogen (secondary N) is 1. The number of hydrogen-bond donors (Lipinski definition) is 2. The van der Waals surface area contributed by atoms with Crippen LogP contribution in [0.5, 0.6) is 0 Å². The van der Waals surface area contributed by atoms with Crippen molar-refractivity contribution in [3.05, 3.63) is 54.4 Å². The van der Waals surface area contributed by atoms with Crippen LogP contribution in [0, 0.1) is 5.82 Å². The SMILES string of the molecule is Nc1ccc(-c2cnc(NCC3(c4ncccc4F)CC(F)C3)nc2)nn1. The lowest BCUT2D eigenvalue weighted by molar-refractivity contribution is 0.0963. The highest BCUT2D eigenvalue weighted by Crippen LogP contribution is 2.45. The number of nitrogen functional groups attached to an aromatic ring is 1. The first-order valence-corrected chi connectivity index (χ1v) is 8.46. The van der Waals surface area contributed by atoms with Crippen LogP contribution >= 0.6 is 0 Å². The van der Waals surface area contributed by atoms with Gasteiger partial charge in [-0.15, -0.1) is 10.2 Å². The number of nitrogens with two attached hydrogens (primary N) is 1. The molecule has 27 heavy (non-hydrogen) atoms. The van der Waals surface area contributed by atoms with Crippen LogP contribution in [0.1, 0.15) is 18.5 Å². The smallest absolute Gasteiger partial charge is 0.222 e. The second kappa shape index (κ2) is 6.82. The Kier molecular flexibility index (Phi) is 4.35. The van der Waals surface area contributed by atoms with Crippen LogP contribution in [-0.4, -0.2) is 37.9 Å². The van der Waals surface area contributed by atoms with Gasteiger partial charge in [0.15, 0.2) is 0 Å². The maximum absolute atomic E-state index is 14.2. The minimum atomic E-state index is -0.958. The maximum atomic E-state index is 14.2. The van der Waals surface area contributed by atoms with E-state index in [0.717, 1.165) is 0 Å². The molecule has 1 aliphatic rings. The van der Waals surface area contributed by atoms with E-state index in [1.165, 1.54) is 18.3 Å². The van der Waals surface area contributed by atoms with Gasteiger partial charge in [0.05, 0.1) is 11.4 Å². The average Bonchev–Trinajstić information content (AvgIpc) is 2.66. The van der Waals surface area contributed by atoms with E-state index >= 15 is 0 Å². The molecule has 1 saturated carbocycles. The minimum absolute atomic E-state index is 0.215. The molecule has 7 nitrogen and oxygen atoms in total. The molecule has 1 aliphatic carbocycles. The van der Waals surface area contributed by atoms with Gasteiger partial charge in [-0.3, -0.25) is 4.98 Å². The molecule has 3 N–H and O–H groups in total. The van der Waals surface area contributed by atoms with Gasteiger partial charge < -0.3 is 11.1 Å². The molecule has 3 aromatic heterocycles. The largest absolute Gasteiger partial charge is 0.382 e. The van der Waals surface area contributed by atoms with Crippen LogP contribution in [-0.2, 0) is 5.41 Å². The van der Waals surface area contributed by atoms with Crippen LogP contribution in [0.15, 0.2) is 42.9 Å². The lowest BCUT2D eigenvalue weighted by atomic mass is 9.65. The molecule has 1 fully saturated rings. The predicted molar refractivity (Wildman–Crippen MR) is 96.0 cm³/mol. The molecule has 0 aliphatic heterocycles. The Morgan fingerprint density at radius 1 is 1.11 bits per heavy atom. The van der Waals surface area contributed by atoms with Crippen molar-refractivity contribution in [3.63, 3.8) is 0 Å². The third-order valence-corrected chi connectivity index (χ3v) is 4.70. The van der Waals surface area contributed by atoms with E-state index in [-0.39, 0.29) is 18.5 Å². The Hall–Kier alpha value is -3.23. The number of aromatic nitrogens is 5. The summed E-state index contributed by atoms with van der Waals surface area (Å²) in [6.45, 7) is 0.294. The quantitative estimate of drug-likeness (QED) is 0.712. The zero-order valence-electron chi connectivity index (χ0n) is 14.3. The molecule has 0 spiro atoms. The third-order valence-electron chi connectivity index (χ3n) is 4.70. The van der Waals surface area contributed by atoms with Gasteiger partial charge in [-0.1, -0.05) is 0 Å². The number of halogens is 2. The van der Waals surface area contributed by atoms with Gasteiger partial charge in [-0.2, -0.15) is 0 Å². The van der Waals surface area contributed by atoms with Gasteiger partial charge in [0.1, 0.15) is 17.8 Å². The third kappa shape index (κ3) is 3.40. The molecule has 0 unspecified atom stereocenters. The van der Waals surface area contributed by atoms with Crippen molar-refractivity contribution < 1.29 is 8.78 Å². The van der Waals surface area contributed by atoms with Crippen LogP contribution in [0.2, 0.25) is 0 Å². The van der Waals surface area contributed by atoms with Gasteiger partial charge >= 0.3 is 0 Å². The number of alkyl halides is 1. The summed E-state index contributed by atoms with van der Waals surface area (Å²) < 4.78 is 27.8. The molecule has 0 atom stereocenters. The van der Waals surface area contributed by atoms with Crippen molar-refractivity contribution in [1.82, 2.24) is 25.1 Å². The molecule has 4 rings (SSSR count). The Bertz CT molecular complexity index is 925. The summed E-state index contributed by atoms with van der Waals surface area (Å²) >= 11 is 0. The molecule has 9 heteroatoms. The fraction of sp³-hybridized carbons (Fsp3) is 0.278.